The van der Waals surface area contributed by atoms with Crippen LogP contribution in [0.5, 0.6) is 23.0 Å². The summed E-state index contributed by atoms with van der Waals surface area (Å²) in [5.41, 5.74) is 2.38. The van der Waals surface area contributed by atoms with Crippen molar-refractivity contribution in [3.05, 3.63) is 131 Å². The topological polar surface area (TPSA) is 89.5 Å². The second kappa shape index (κ2) is 17.4. The second-order valence-corrected chi connectivity index (χ2v) is 19.0. The number of esters is 1. The van der Waals surface area contributed by atoms with Crippen LogP contribution in [-0.2, 0) is 15.8 Å². The highest BCUT2D eigenvalue weighted by atomic mass is 28.4. The summed E-state index contributed by atoms with van der Waals surface area (Å²) in [7, 11) is 2.97. The molecule has 0 radical (unpaired) electrons. The van der Waals surface area contributed by atoms with Gasteiger partial charge in [-0.3, -0.25) is 4.79 Å². The minimum atomic E-state index is -2.81. The lowest BCUT2D eigenvalue weighted by molar-refractivity contribution is 0.0597. The number of ketones is 1. The van der Waals surface area contributed by atoms with Gasteiger partial charge in [-0.05, 0) is 52.4 Å². The van der Waals surface area contributed by atoms with Gasteiger partial charge in [0.2, 0.25) is 0 Å². The van der Waals surface area contributed by atoms with Gasteiger partial charge in [-0.25, -0.2) is 4.79 Å². The molecular weight excluding hydrogens is 709 g/mol. The second-order valence-electron chi connectivity index (χ2n) is 14.7. The molecule has 0 N–H and O–H groups in total. The van der Waals surface area contributed by atoms with Crippen LogP contribution < -0.4 is 29.3 Å². The van der Waals surface area contributed by atoms with Gasteiger partial charge in [0.25, 0.3) is 8.32 Å². The van der Waals surface area contributed by atoms with Gasteiger partial charge in [-0.1, -0.05) is 125 Å². The Hall–Kier alpha value is -5.38. The third-order valence-electron chi connectivity index (χ3n) is 9.99. The highest BCUT2D eigenvalue weighted by molar-refractivity contribution is 6.99. The van der Waals surface area contributed by atoms with Crippen molar-refractivity contribution in [3.8, 4) is 23.0 Å². The lowest BCUT2D eigenvalue weighted by Gasteiger charge is -2.43. The fourth-order valence-electron chi connectivity index (χ4n) is 7.48. The first-order valence-electron chi connectivity index (χ1n) is 18.4. The maximum atomic E-state index is 14.9. The molecule has 0 heterocycles. The minimum absolute atomic E-state index is 0.128. The average molecular weight is 761 g/mol. The molecule has 8 nitrogen and oxygen atoms in total. The largest absolute Gasteiger partial charge is 0.496 e. The normalized spacial score (nSPS) is 12.6. The molecule has 1 atom stereocenters. The van der Waals surface area contributed by atoms with Crippen LogP contribution in [0.15, 0.2) is 109 Å². The SMILES string of the molecule is COC(=O)c1cc(OC)c2c(C(=O)/C(C)=C/[C@H](C)CO[Si](c3ccccc3)(c3ccccc3)C(C)(C)C)c(OC)c(C)c(OCc3ccccc3)c2c1OC. The Morgan fingerprint density at radius 3 is 1.78 bits per heavy atom. The molecular formula is C46H52O8Si. The van der Waals surface area contributed by atoms with Gasteiger partial charge in [0, 0.05) is 17.6 Å². The number of methoxy groups -OCH3 is 4. The number of Topliss-reactive ketones (excluding diaryl/α,β-unsaturated/α-hetero) is 1. The molecule has 0 fully saturated rings. The Kier molecular flexibility index (Phi) is 12.9. The van der Waals surface area contributed by atoms with E-state index in [1.54, 1.807) is 6.92 Å². The number of carbonyl (C=O) groups excluding carboxylic acids is 2. The van der Waals surface area contributed by atoms with Crippen LogP contribution in [-0.4, -0.2) is 55.1 Å². The van der Waals surface area contributed by atoms with E-state index >= 15 is 0 Å². The van der Waals surface area contributed by atoms with Crippen LogP contribution in [0.4, 0.5) is 0 Å². The molecule has 5 aromatic carbocycles. The molecule has 0 saturated heterocycles. The van der Waals surface area contributed by atoms with Gasteiger partial charge in [0.15, 0.2) is 5.78 Å². The number of fused-ring (bicyclic) bond motifs is 1. The highest BCUT2D eigenvalue weighted by Crippen LogP contribution is 2.50. The zero-order valence-electron chi connectivity index (χ0n) is 33.6. The third kappa shape index (κ3) is 8.04. The molecule has 0 aromatic heterocycles. The Balaban J connectivity index is 1.64. The van der Waals surface area contributed by atoms with Crippen LogP contribution in [0.2, 0.25) is 5.04 Å². The van der Waals surface area contributed by atoms with Crippen molar-refractivity contribution in [1.29, 1.82) is 0 Å². The van der Waals surface area contributed by atoms with Gasteiger partial charge in [-0.15, -0.1) is 0 Å². The van der Waals surface area contributed by atoms with E-state index in [4.69, 9.17) is 28.1 Å². The monoisotopic (exact) mass is 760 g/mol. The fourth-order valence-corrected chi connectivity index (χ4v) is 12.1. The van der Waals surface area contributed by atoms with E-state index in [9.17, 15) is 9.59 Å². The first-order chi connectivity index (χ1) is 26.3. The van der Waals surface area contributed by atoms with Gasteiger partial charge in [0.05, 0.1) is 39.4 Å². The Labute approximate surface area is 326 Å². The molecule has 0 aliphatic carbocycles. The molecule has 9 heteroatoms. The summed E-state index contributed by atoms with van der Waals surface area (Å²) in [5.74, 6) is 0.135. The quantitative estimate of drug-likeness (QED) is 0.0453. The lowest BCUT2D eigenvalue weighted by atomic mass is 9.90. The van der Waals surface area contributed by atoms with Crippen molar-refractivity contribution in [1.82, 2.24) is 0 Å². The standard InChI is InChI=1S/C46H52O8Si/c1-30(28-54-55(46(4,5)6,34-22-16-12-17-23-34)35-24-18-13-19-25-35)26-31(2)41(47)39-38-37(49-7)27-36(45(48)52-10)44(51-9)40(38)43(32(3)42(39)50-8)53-29-33-20-14-11-15-21-33/h11-27,30H,28-29H2,1-10H3/b31-26+/t30-/m0/s1. The van der Waals surface area contributed by atoms with Crippen LogP contribution in [0.3, 0.4) is 0 Å². The van der Waals surface area contributed by atoms with Crippen LogP contribution in [0.1, 0.15) is 66.5 Å². The number of rotatable bonds is 15. The summed E-state index contributed by atoms with van der Waals surface area (Å²) in [5, 5.41) is 2.97. The minimum Gasteiger partial charge on any atom is -0.496 e. The molecule has 5 aromatic rings. The summed E-state index contributed by atoms with van der Waals surface area (Å²) in [6.45, 7) is 13.0. The zero-order chi connectivity index (χ0) is 39.9. The molecule has 0 spiro atoms. The van der Waals surface area contributed by atoms with Gasteiger partial charge >= 0.3 is 5.97 Å². The van der Waals surface area contributed by atoms with Crippen LogP contribution >= 0.6 is 0 Å². The Bertz CT molecular complexity index is 2120. The van der Waals surface area contributed by atoms with Gasteiger partial charge in [0.1, 0.15) is 35.2 Å². The van der Waals surface area contributed by atoms with Crippen molar-refractivity contribution >= 4 is 41.2 Å². The zero-order valence-corrected chi connectivity index (χ0v) is 34.6. The van der Waals surface area contributed by atoms with E-state index in [2.05, 4.69) is 76.2 Å². The first kappa shape index (κ1) is 40.8. The number of hydrogen-bond donors (Lipinski definition) is 0. The van der Waals surface area contributed by atoms with Crippen molar-refractivity contribution in [2.24, 2.45) is 5.92 Å². The van der Waals surface area contributed by atoms with E-state index in [0.29, 0.717) is 40.0 Å². The summed E-state index contributed by atoms with van der Waals surface area (Å²) in [6.07, 6.45) is 1.95. The summed E-state index contributed by atoms with van der Waals surface area (Å²) in [6, 6.07) is 32.2. The Morgan fingerprint density at radius 2 is 1.29 bits per heavy atom. The first-order valence-corrected chi connectivity index (χ1v) is 20.3. The molecule has 288 valence electrons. The fraction of sp³-hybridized carbons (Fsp3) is 0.304. The predicted octanol–water partition coefficient (Wildman–Crippen LogP) is 8.88. The van der Waals surface area contributed by atoms with Gasteiger partial charge < -0.3 is 28.1 Å². The van der Waals surface area contributed by atoms with Crippen molar-refractivity contribution < 1.29 is 37.7 Å². The number of allylic oxidation sites excluding steroid dienone is 1. The van der Waals surface area contributed by atoms with Crippen molar-refractivity contribution in [3.63, 3.8) is 0 Å². The molecule has 0 saturated carbocycles. The van der Waals surface area contributed by atoms with E-state index < -0.39 is 14.3 Å². The third-order valence-corrected chi connectivity index (χ3v) is 15.0. The van der Waals surface area contributed by atoms with E-state index in [1.165, 1.54) is 44.9 Å². The molecule has 0 bridgehead atoms. The number of ether oxygens (including phenoxy) is 5. The molecule has 0 aliphatic rings. The maximum Gasteiger partial charge on any atom is 0.341 e. The van der Waals surface area contributed by atoms with Crippen LogP contribution in [0, 0.1) is 12.8 Å². The average Bonchev–Trinajstić information content (AvgIpc) is 3.19. The van der Waals surface area contributed by atoms with Crippen LogP contribution in [0.25, 0.3) is 10.8 Å². The molecule has 0 amide bonds. The molecule has 5 rings (SSSR count). The Morgan fingerprint density at radius 1 is 0.745 bits per heavy atom. The van der Waals surface area contributed by atoms with E-state index in [-0.39, 0.29) is 46.0 Å². The van der Waals surface area contributed by atoms with E-state index in [0.717, 1.165) is 5.56 Å². The highest BCUT2D eigenvalue weighted by Gasteiger charge is 2.50. The lowest BCUT2D eigenvalue weighted by Crippen LogP contribution is -2.66. The van der Waals surface area contributed by atoms with E-state index in [1.807, 2.05) is 55.5 Å². The number of hydrogen-bond acceptors (Lipinski definition) is 8. The predicted molar refractivity (Wildman–Crippen MR) is 221 cm³/mol. The van der Waals surface area contributed by atoms with Crippen molar-refractivity contribution in [2.45, 2.75) is 53.2 Å². The summed E-state index contributed by atoms with van der Waals surface area (Å²) in [4.78, 5) is 28.0. The summed E-state index contributed by atoms with van der Waals surface area (Å²) >= 11 is 0. The molecule has 0 unspecified atom stereocenters. The number of benzene rings is 5. The van der Waals surface area contributed by atoms with Crippen molar-refractivity contribution in [2.75, 3.05) is 35.0 Å². The smallest absolute Gasteiger partial charge is 0.341 e. The summed E-state index contributed by atoms with van der Waals surface area (Å²) < 4.78 is 36.7. The number of carbonyl (C=O) groups is 2. The molecule has 55 heavy (non-hydrogen) atoms. The molecule has 0 aliphatic heterocycles. The maximum absolute atomic E-state index is 14.9. The van der Waals surface area contributed by atoms with Gasteiger partial charge in [-0.2, -0.15) is 0 Å².